The maximum Gasteiger partial charge on any atom is 0.269 e. The maximum atomic E-state index is 12.2. The summed E-state index contributed by atoms with van der Waals surface area (Å²) in [6.07, 6.45) is 0. The van der Waals surface area contributed by atoms with Crippen molar-refractivity contribution in [2.75, 3.05) is 0 Å². The summed E-state index contributed by atoms with van der Waals surface area (Å²) < 4.78 is 24.5. The Kier molecular flexibility index (Phi) is 4.63. The van der Waals surface area contributed by atoms with E-state index in [1.165, 1.54) is 36.4 Å². The molecule has 0 heterocycles. The van der Waals surface area contributed by atoms with Gasteiger partial charge in [0.25, 0.3) is 5.69 Å². The molecule has 0 N–H and O–H groups in total. The summed E-state index contributed by atoms with van der Waals surface area (Å²) in [6.45, 7) is 1.86. The summed E-state index contributed by atoms with van der Waals surface area (Å²) >= 11 is 6.02. The number of nitro benzene ring substituents is 1. The minimum Gasteiger partial charge on any atom is -0.258 e. The number of rotatable bonds is 4. The van der Waals surface area contributed by atoms with Gasteiger partial charge in [-0.3, -0.25) is 10.1 Å². The molecule has 0 aliphatic rings. The zero-order valence-electron chi connectivity index (χ0n) is 11.6. The lowest BCUT2D eigenvalue weighted by Crippen LogP contribution is -1.97. The topological polar surface area (TPSA) is 77.3 Å². The third-order valence-corrected chi connectivity index (χ3v) is 4.89. The highest BCUT2D eigenvalue weighted by atomic mass is 35.5. The molecule has 2 aromatic carbocycles. The van der Waals surface area contributed by atoms with Gasteiger partial charge >= 0.3 is 0 Å². The van der Waals surface area contributed by atoms with Crippen LogP contribution >= 0.6 is 11.6 Å². The molecule has 0 atom stereocenters. The lowest BCUT2D eigenvalue weighted by atomic mass is 10.2. The molecule has 0 amide bonds. The first kappa shape index (κ1) is 16.2. The summed E-state index contributed by atoms with van der Waals surface area (Å²) in [5.41, 5.74) is 1.25. The number of benzene rings is 2. The van der Waals surface area contributed by atoms with Crippen LogP contribution in [0.1, 0.15) is 11.1 Å². The molecule has 2 rings (SSSR count). The molecule has 0 radical (unpaired) electrons. The predicted octanol–water partition coefficient (Wildman–Crippen LogP) is 3.91. The van der Waals surface area contributed by atoms with Crippen molar-refractivity contribution in [3.8, 4) is 0 Å². The number of nitrogens with zero attached hydrogens (tertiary/aromatic N) is 1. The number of sulfone groups is 1. The van der Waals surface area contributed by atoms with E-state index in [2.05, 4.69) is 0 Å². The van der Waals surface area contributed by atoms with Gasteiger partial charge in [-0.2, -0.15) is 0 Å². The first-order valence-electron chi connectivity index (χ1n) is 6.23. The lowest BCUT2D eigenvalue weighted by molar-refractivity contribution is -0.384. The van der Waals surface area contributed by atoms with Gasteiger partial charge in [-0.05, 0) is 36.8 Å². The lowest BCUT2D eigenvalue weighted by Gasteiger charge is -2.02. The molecule has 0 unspecified atom stereocenters. The minimum absolute atomic E-state index is 0.00419. The Hall–Kier alpha value is -2.18. The van der Waals surface area contributed by atoms with E-state index in [9.17, 15) is 18.5 Å². The molecule has 7 heteroatoms. The van der Waals surface area contributed by atoms with Crippen LogP contribution in [0, 0.1) is 17.0 Å². The fourth-order valence-corrected chi connectivity index (χ4v) is 3.28. The zero-order valence-corrected chi connectivity index (χ0v) is 13.1. The third-order valence-electron chi connectivity index (χ3n) is 2.96. The second kappa shape index (κ2) is 6.29. The summed E-state index contributed by atoms with van der Waals surface area (Å²) in [4.78, 5) is 10.2. The van der Waals surface area contributed by atoms with E-state index in [4.69, 9.17) is 11.6 Å². The Morgan fingerprint density at radius 1 is 1.09 bits per heavy atom. The van der Waals surface area contributed by atoms with Crippen LogP contribution in [-0.2, 0) is 9.84 Å². The number of non-ortho nitro benzene ring substituents is 1. The Morgan fingerprint density at radius 2 is 1.64 bits per heavy atom. The molecular weight excluding hydrogens is 326 g/mol. The Labute approximate surface area is 132 Å². The number of hydrogen-bond acceptors (Lipinski definition) is 4. The van der Waals surface area contributed by atoms with Crippen LogP contribution < -0.4 is 0 Å². The summed E-state index contributed by atoms with van der Waals surface area (Å²) in [7, 11) is -3.68. The Bertz CT molecular complexity index is 825. The van der Waals surface area contributed by atoms with Gasteiger partial charge in [-0.25, -0.2) is 8.42 Å². The van der Waals surface area contributed by atoms with E-state index in [-0.39, 0.29) is 15.6 Å². The number of halogens is 1. The molecule has 114 valence electrons. The van der Waals surface area contributed by atoms with Gasteiger partial charge in [0.1, 0.15) is 0 Å². The van der Waals surface area contributed by atoms with Crippen LogP contribution in [-0.4, -0.2) is 13.3 Å². The van der Waals surface area contributed by atoms with Crippen molar-refractivity contribution >= 4 is 32.2 Å². The van der Waals surface area contributed by atoms with E-state index < -0.39 is 14.8 Å². The molecule has 0 fully saturated rings. The molecule has 2 aromatic rings. The zero-order chi connectivity index (χ0) is 16.3. The highest BCUT2D eigenvalue weighted by Gasteiger charge is 2.13. The Balaban J connectivity index is 2.34. The smallest absolute Gasteiger partial charge is 0.258 e. The van der Waals surface area contributed by atoms with E-state index >= 15 is 0 Å². The molecule has 0 aliphatic carbocycles. The van der Waals surface area contributed by atoms with Crippen LogP contribution in [0.5, 0.6) is 0 Å². The van der Waals surface area contributed by atoms with Gasteiger partial charge < -0.3 is 0 Å². The van der Waals surface area contributed by atoms with E-state index in [1.54, 1.807) is 12.1 Å². The summed E-state index contributed by atoms with van der Waals surface area (Å²) in [6, 6.07) is 11.7. The van der Waals surface area contributed by atoms with Crippen molar-refractivity contribution in [3.63, 3.8) is 0 Å². The van der Waals surface area contributed by atoms with E-state index in [0.717, 1.165) is 11.0 Å². The minimum atomic E-state index is -3.68. The first-order chi connectivity index (χ1) is 10.3. The van der Waals surface area contributed by atoms with Gasteiger partial charge in [-0.15, -0.1) is 0 Å². The molecule has 0 bridgehead atoms. The molecule has 0 aromatic heterocycles. The van der Waals surface area contributed by atoms with Crippen LogP contribution in [0.25, 0.3) is 5.03 Å². The van der Waals surface area contributed by atoms with Gasteiger partial charge in [0.05, 0.1) is 20.3 Å². The quantitative estimate of drug-likeness (QED) is 0.626. The maximum absolute atomic E-state index is 12.2. The molecule has 0 saturated carbocycles. The highest BCUT2D eigenvalue weighted by molar-refractivity contribution is 7.94. The molecule has 5 nitrogen and oxygen atoms in total. The van der Waals surface area contributed by atoms with Gasteiger partial charge in [0.15, 0.2) is 0 Å². The average molecular weight is 338 g/mol. The first-order valence-corrected chi connectivity index (χ1v) is 8.16. The summed E-state index contributed by atoms with van der Waals surface area (Å²) in [5.74, 6) is 0. The predicted molar refractivity (Wildman–Crippen MR) is 85.3 cm³/mol. The second-order valence-electron chi connectivity index (χ2n) is 4.63. The number of aryl methyl sites for hydroxylation is 1. The number of hydrogen-bond donors (Lipinski definition) is 0. The monoisotopic (exact) mass is 337 g/mol. The molecule has 0 aliphatic heterocycles. The summed E-state index contributed by atoms with van der Waals surface area (Å²) in [5, 5.41) is 11.5. The fourth-order valence-electron chi connectivity index (χ4n) is 1.74. The molecule has 0 spiro atoms. The van der Waals surface area contributed by atoms with Crippen molar-refractivity contribution in [2.45, 2.75) is 11.8 Å². The van der Waals surface area contributed by atoms with Crippen LogP contribution in [0.3, 0.4) is 0 Å². The second-order valence-corrected chi connectivity index (χ2v) is 6.83. The van der Waals surface area contributed by atoms with Gasteiger partial charge in [-0.1, -0.05) is 29.3 Å². The van der Waals surface area contributed by atoms with Crippen molar-refractivity contribution in [3.05, 3.63) is 75.2 Å². The Morgan fingerprint density at radius 3 is 2.14 bits per heavy atom. The molecule has 0 saturated heterocycles. The van der Waals surface area contributed by atoms with Crippen molar-refractivity contribution in [1.82, 2.24) is 0 Å². The van der Waals surface area contributed by atoms with Crippen molar-refractivity contribution in [1.29, 1.82) is 0 Å². The van der Waals surface area contributed by atoms with Gasteiger partial charge in [0.2, 0.25) is 9.84 Å². The standard InChI is InChI=1S/C15H12ClNO4S/c1-11-2-8-14(9-3-11)22(20,21)10-15(16)12-4-6-13(7-5-12)17(18)19/h2-10H,1H3/b15-10+. The van der Waals surface area contributed by atoms with Crippen molar-refractivity contribution in [2.24, 2.45) is 0 Å². The van der Waals surface area contributed by atoms with E-state index in [1.807, 2.05) is 6.92 Å². The number of nitro groups is 1. The normalized spacial score (nSPS) is 12.2. The third kappa shape index (κ3) is 3.72. The fraction of sp³-hybridized carbons (Fsp3) is 0.0667. The highest BCUT2D eigenvalue weighted by Crippen LogP contribution is 2.25. The van der Waals surface area contributed by atoms with Gasteiger partial charge in [0, 0.05) is 12.1 Å². The van der Waals surface area contributed by atoms with Crippen molar-refractivity contribution < 1.29 is 13.3 Å². The SMILES string of the molecule is Cc1ccc(S(=O)(=O)/C=C(/Cl)c2ccc([N+](=O)[O-])cc2)cc1. The van der Waals surface area contributed by atoms with E-state index in [0.29, 0.717) is 5.56 Å². The molecular formula is C15H12ClNO4S. The van der Waals surface area contributed by atoms with Crippen LogP contribution in [0.4, 0.5) is 5.69 Å². The average Bonchev–Trinajstić information content (AvgIpc) is 2.47. The van der Waals surface area contributed by atoms with Crippen LogP contribution in [0.15, 0.2) is 58.8 Å². The largest absolute Gasteiger partial charge is 0.269 e. The molecule has 22 heavy (non-hydrogen) atoms. The van der Waals surface area contributed by atoms with Crippen LogP contribution in [0.2, 0.25) is 0 Å².